The number of carbonyl (C=O) groups is 1. The van der Waals surface area contributed by atoms with E-state index in [0.717, 1.165) is 15.7 Å². The van der Waals surface area contributed by atoms with Gasteiger partial charge in [0.2, 0.25) is 17.6 Å². The predicted molar refractivity (Wildman–Crippen MR) is 93.2 cm³/mol. The normalized spacial score (nSPS) is 10.5. The van der Waals surface area contributed by atoms with Gasteiger partial charge in [-0.15, -0.1) is 0 Å². The zero-order valence-electron chi connectivity index (χ0n) is 12.8. The molecule has 0 aliphatic rings. The molecule has 0 atom stereocenters. The van der Waals surface area contributed by atoms with Gasteiger partial charge in [0.1, 0.15) is 0 Å². The van der Waals surface area contributed by atoms with E-state index < -0.39 is 0 Å². The molecule has 0 saturated carbocycles. The molecule has 0 saturated heterocycles. The molecule has 0 fully saturated rings. The number of halogens is 1. The van der Waals surface area contributed by atoms with Crippen LogP contribution in [0.3, 0.4) is 0 Å². The number of amides is 1. The van der Waals surface area contributed by atoms with Gasteiger partial charge >= 0.3 is 0 Å². The Morgan fingerprint density at radius 2 is 2.17 bits per heavy atom. The number of benzene rings is 1. The van der Waals surface area contributed by atoms with E-state index in [1.54, 1.807) is 12.4 Å². The SMILES string of the molecule is O=C(CCCc1nc(-c2cccnc2)no1)Nc1cccc(Br)c1. The monoisotopic (exact) mass is 386 g/mol. The van der Waals surface area contributed by atoms with E-state index in [2.05, 4.69) is 36.4 Å². The Bertz CT molecular complexity index is 820. The Labute approximate surface area is 147 Å². The van der Waals surface area contributed by atoms with Gasteiger partial charge in [0.05, 0.1) is 0 Å². The maximum absolute atomic E-state index is 11.9. The fourth-order valence-electron chi connectivity index (χ4n) is 2.16. The molecule has 0 unspecified atom stereocenters. The van der Waals surface area contributed by atoms with E-state index >= 15 is 0 Å². The first-order chi connectivity index (χ1) is 11.7. The van der Waals surface area contributed by atoms with Crippen molar-refractivity contribution in [3.8, 4) is 11.4 Å². The minimum atomic E-state index is -0.0416. The van der Waals surface area contributed by atoms with E-state index in [9.17, 15) is 4.79 Å². The van der Waals surface area contributed by atoms with Gasteiger partial charge in [-0.05, 0) is 36.8 Å². The summed E-state index contributed by atoms with van der Waals surface area (Å²) >= 11 is 3.37. The summed E-state index contributed by atoms with van der Waals surface area (Å²) in [5.41, 5.74) is 1.57. The number of anilines is 1. The molecule has 0 radical (unpaired) electrons. The van der Waals surface area contributed by atoms with Crippen LogP contribution in [-0.2, 0) is 11.2 Å². The Hall–Kier alpha value is -2.54. The van der Waals surface area contributed by atoms with Gasteiger partial charge in [0.25, 0.3) is 0 Å². The highest BCUT2D eigenvalue weighted by atomic mass is 79.9. The van der Waals surface area contributed by atoms with Crippen LogP contribution < -0.4 is 5.32 Å². The van der Waals surface area contributed by atoms with Crippen LogP contribution in [-0.4, -0.2) is 21.0 Å². The highest BCUT2D eigenvalue weighted by Crippen LogP contribution is 2.17. The standard InChI is InChI=1S/C17H15BrN4O2/c18-13-5-1-6-14(10-13)20-15(23)7-2-8-16-21-17(22-24-16)12-4-3-9-19-11-12/h1,3-6,9-11H,2,7-8H2,(H,20,23). The van der Waals surface area contributed by atoms with Crippen molar-refractivity contribution >= 4 is 27.5 Å². The quantitative estimate of drug-likeness (QED) is 0.695. The zero-order valence-corrected chi connectivity index (χ0v) is 14.4. The predicted octanol–water partition coefficient (Wildman–Crippen LogP) is 3.86. The molecule has 7 heteroatoms. The molecular weight excluding hydrogens is 372 g/mol. The van der Waals surface area contributed by atoms with Crippen LogP contribution in [0.5, 0.6) is 0 Å². The van der Waals surface area contributed by atoms with E-state index in [4.69, 9.17) is 4.52 Å². The molecule has 0 aliphatic heterocycles. The van der Waals surface area contributed by atoms with Gasteiger partial charge < -0.3 is 9.84 Å². The highest BCUT2D eigenvalue weighted by molar-refractivity contribution is 9.10. The fraction of sp³-hybridized carbons (Fsp3) is 0.176. The molecule has 6 nitrogen and oxygen atoms in total. The van der Waals surface area contributed by atoms with Crippen LogP contribution in [0.1, 0.15) is 18.7 Å². The summed E-state index contributed by atoms with van der Waals surface area (Å²) < 4.78 is 6.13. The van der Waals surface area contributed by atoms with E-state index in [0.29, 0.717) is 31.0 Å². The molecule has 0 aliphatic carbocycles. The van der Waals surface area contributed by atoms with Crippen molar-refractivity contribution in [1.29, 1.82) is 0 Å². The molecule has 3 aromatic rings. The molecule has 3 rings (SSSR count). The van der Waals surface area contributed by atoms with Gasteiger partial charge in [0, 0.05) is 41.0 Å². The average molecular weight is 387 g/mol. The molecule has 1 amide bonds. The first kappa shape index (κ1) is 16.3. The Balaban J connectivity index is 1.48. The molecular formula is C17H15BrN4O2. The van der Waals surface area contributed by atoms with Crippen LogP contribution >= 0.6 is 15.9 Å². The Kier molecular flexibility index (Phi) is 5.32. The molecule has 0 bridgehead atoms. The summed E-state index contributed by atoms with van der Waals surface area (Å²) in [6.07, 6.45) is 4.94. The van der Waals surface area contributed by atoms with Gasteiger partial charge in [0.15, 0.2) is 0 Å². The molecule has 24 heavy (non-hydrogen) atoms. The first-order valence-electron chi connectivity index (χ1n) is 7.49. The smallest absolute Gasteiger partial charge is 0.226 e. The van der Waals surface area contributed by atoms with Crippen molar-refractivity contribution in [3.05, 3.63) is 59.2 Å². The van der Waals surface area contributed by atoms with E-state index in [1.165, 1.54) is 0 Å². The number of nitrogens with one attached hydrogen (secondary N) is 1. The number of nitrogens with zero attached hydrogens (tertiary/aromatic N) is 3. The maximum Gasteiger partial charge on any atom is 0.226 e. The van der Waals surface area contributed by atoms with Crippen LogP contribution in [0.2, 0.25) is 0 Å². The third-order valence-electron chi connectivity index (χ3n) is 3.29. The first-order valence-corrected chi connectivity index (χ1v) is 8.28. The number of aryl methyl sites for hydroxylation is 1. The summed E-state index contributed by atoms with van der Waals surface area (Å²) in [7, 11) is 0. The number of hydrogen-bond acceptors (Lipinski definition) is 5. The highest BCUT2D eigenvalue weighted by Gasteiger charge is 2.09. The molecule has 1 aromatic carbocycles. The largest absolute Gasteiger partial charge is 0.339 e. The Morgan fingerprint density at radius 1 is 1.25 bits per heavy atom. The van der Waals surface area contributed by atoms with Gasteiger partial charge in [-0.25, -0.2) is 0 Å². The van der Waals surface area contributed by atoms with Crippen molar-refractivity contribution < 1.29 is 9.32 Å². The van der Waals surface area contributed by atoms with Crippen LogP contribution in [0.25, 0.3) is 11.4 Å². The van der Waals surface area contributed by atoms with Gasteiger partial charge in [-0.3, -0.25) is 9.78 Å². The summed E-state index contributed by atoms with van der Waals surface area (Å²) in [5, 5.41) is 6.79. The van der Waals surface area contributed by atoms with Crippen LogP contribution in [0, 0.1) is 0 Å². The molecule has 1 N–H and O–H groups in total. The third-order valence-corrected chi connectivity index (χ3v) is 3.78. The Morgan fingerprint density at radius 3 is 2.96 bits per heavy atom. The van der Waals surface area contributed by atoms with Crippen molar-refractivity contribution in [2.24, 2.45) is 0 Å². The lowest BCUT2D eigenvalue weighted by Gasteiger charge is -2.04. The molecule has 0 spiro atoms. The summed E-state index contributed by atoms with van der Waals surface area (Å²) in [4.78, 5) is 20.3. The average Bonchev–Trinajstić information content (AvgIpc) is 3.04. The van der Waals surface area contributed by atoms with Crippen LogP contribution in [0.4, 0.5) is 5.69 Å². The number of hydrogen-bond donors (Lipinski definition) is 1. The number of aromatic nitrogens is 3. The van der Waals surface area contributed by atoms with E-state index in [-0.39, 0.29) is 5.91 Å². The second-order valence-corrected chi connectivity index (χ2v) is 6.08. The molecule has 2 aromatic heterocycles. The number of rotatable bonds is 6. The topological polar surface area (TPSA) is 80.9 Å². The number of carbonyl (C=O) groups excluding carboxylic acids is 1. The summed E-state index contributed by atoms with van der Waals surface area (Å²) in [6, 6.07) is 11.2. The second-order valence-electron chi connectivity index (χ2n) is 5.17. The van der Waals surface area contributed by atoms with Crippen molar-refractivity contribution in [2.45, 2.75) is 19.3 Å². The summed E-state index contributed by atoms with van der Waals surface area (Å²) in [5.74, 6) is 0.987. The minimum absolute atomic E-state index is 0.0416. The second kappa shape index (κ2) is 7.83. The van der Waals surface area contributed by atoms with Crippen molar-refractivity contribution in [1.82, 2.24) is 15.1 Å². The zero-order chi connectivity index (χ0) is 16.8. The molecule has 122 valence electrons. The van der Waals surface area contributed by atoms with Gasteiger partial charge in [-0.2, -0.15) is 4.98 Å². The maximum atomic E-state index is 11.9. The summed E-state index contributed by atoms with van der Waals surface area (Å²) in [6.45, 7) is 0. The van der Waals surface area contributed by atoms with E-state index in [1.807, 2.05) is 36.4 Å². The molecule has 2 heterocycles. The number of pyridine rings is 1. The van der Waals surface area contributed by atoms with Crippen LogP contribution in [0.15, 0.2) is 57.8 Å². The lowest BCUT2D eigenvalue weighted by atomic mass is 10.2. The van der Waals surface area contributed by atoms with Crippen molar-refractivity contribution in [3.63, 3.8) is 0 Å². The fourth-order valence-corrected chi connectivity index (χ4v) is 2.56. The lowest BCUT2D eigenvalue weighted by Crippen LogP contribution is -2.11. The minimum Gasteiger partial charge on any atom is -0.339 e. The van der Waals surface area contributed by atoms with Gasteiger partial charge in [-0.1, -0.05) is 27.2 Å². The lowest BCUT2D eigenvalue weighted by molar-refractivity contribution is -0.116. The third kappa shape index (κ3) is 4.48. The van der Waals surface area contributed by atoms with Crippen molar-refractivity contribution in [2.75, 3.05) is 5.32 Å².